The zero-order valence-electron chi connectivity index (χ0n) is 9.30. The Hall–Kier alpha value is -0.550. The van der Waals surface area contributed by atoms with Gasteiger partial charge >= 0.3 is 0 Å². The van der Waals surface area contributed by atoms with Crippen LogP contribution in [-0.2, 0) is 4.79 Å². The van der Waals surface area contributed by atoms with E-state index in [2.05, 4.69) is 37.2 Å². The second-order valence-corrected chi connectivity index (χ2v) is 5.33. The topological polar surface area (TPSA) is 38.3 Å². The van der Waals surface area contributed by atoms with Gasteiger partial charge in [0.15, 0.2) is 0 Å². The Morgan fingerprint density at radius 1 is 1.31 bits per heavy atom. The molecule has 1 amide bonds. The highest BCUT2D eigenvalue weighted by atomic mass is 79.9. The van der Waals surface area contributed by atoms with Gasteiger partial charge in [-0.1, -0.05) is 13.8 Å². The molecule has 88 valence electrons. The molecule has 0 radical (unpaired) electrons. The number of carbonyl (C=O) groups excluding carboxylic acids is 1. The Balaban J connectivity index is 2.96. The minimum absolute atomic E-state index is 0.0102. The van der Waals surface area contributed by atoms with Crippen LogP contribution in [0.15, 0.2) is 21.1 Å². The van der Waals surface area contributed by atoms with Gasteiger partial charge in [-0.25, -0.2) is 0 Å². The van der Waals surface area contributed by atoms with Crippen molar-refractivity contribution in [3.05, 3.63) is 21.1 Å². The molecular formula is C11H13Br2NO2. The van der Waals surface area contributed by atoms with Crippen LogP contribution < -0.4 is 10.1 Å². The number of hydrogen-bond acceptors (Lipinski definition) is 2. The smallest absolute Gasteiger partial charge is 0.226 e. The van der Waals surface area contributed by atoms with Gasteiger partial charge in [-0.2, -0.15) is 0 Å². The number of anilines is 1. The molecule has 0 fully saturated rings. The van der Waals surface area contributed by atoms with E-state index in [0.717, 1.165) is 14.6 Å². The fraction of sp³-hybridized carbons (Fsp3) is 0.364. The van der Waals surface area contributed by atoms with Crippen LogP contribution in [0.4, 0.5) is 5.69 Å². The SMILES string of the molecule is COc1c(Br)cc(NC(=O)C(C)C)cc1Br. The van der Waals surface area contributed by atoms with Gasteiger partial charge in [0.05, 0.1) is 16.1 Å². The highest BCUT2D eigenvalue weighted by molar-refractivity contribution is 9.11. The van der Waals surface area contributed by atoms with E-state index in [1.165, 1.54) is 0 Å². The molecule has 0 bridgehead atoms. The monoisotopic (exact) mass is 349 g/mol. The largest absolute Gasteiger partial charge is 0.494 e. The first-order chi connectivity index (χ1) is 7.45. The molecule has 0 aromatic heterocycles. The van der Waals surface area contributed by atoms with Crippen LogP contribution in [0.1, 0.15) is 13.8 Å². The van der Waals surface area contributed by atoms with Crippen molar-refractivity contribution in [3.63, 3.8) is 0 Å². The van der Waals surface area contributed by atoms with Crippen molar-refractivity contribution in [2.75, 3.05) is 12.4 Å². The van der Waals surface area contributed by atoms with E-state index in [9.17, 15) is 4.79 Å². The maximum absolute atomic E-state index is 11.5. The summed E-state index contributed by atoms with van der Waals surface area (Å²) >= 11 is 6.76. The summed E-state index contributed by atoms with van der Waals surface area (Å²) in [5, 5.41) is 2.82. The van der Waals surface area contributed by atoms with Gasteiger partial charge in [-0.15, -0.1) is 0 Å². The molecule has 0 unspecified atom stereocenters. The van der Waals surface area contributed by atoms with E-state index in [1.54, 1.807) is 7.11 Å². The highest BCUT2D eigenvalue weighted by Crippen LogP contribution is 2.36. The summed E-state index contributed by atoms with van der Waals surface area (Å²) in [4.78, 5) is 11.5. The lowest BCUT2D eigenvalue weighted by Crippen LogP contribution is -2.17. The summed E-state index contributed by atoms with van der Waals surface area (Å²) in [7, 11) is 1.59. The van der Waals surface area contributed by atoms with Crippen LogP contribution in [0.3, 0.4) is 0 Å². The molecule has 0 aliphatic rings. The molecule has 1 rings (SSSR count). The number of halogens is 2. The average Bonchev–Trinajstić information content (AvgIpc) is 2.16. The summed E-state index contributed by atoms with van der Waals surface area (Å²) in [5.74, 6) is 0.658. The molecule has 1 N–H and O–H groups in total. The third-order valence-electron chi connectivity index (χ3n) is 1.99. The number of amides is 1. The summed E-state index contributed by atoms with van der Waals surface area (Å²) in [6.07, 6.45) is 0. The van der Waals surface area contributed by atoms with Gasteiger partial charge in [-0.05, 0) is 44.0 Å². The van der Waals surface area contributed by atoms with Crippen LogP contribution in [0.5, 0.6) is 5.75 Å². The van der Waals surface area contributed by atoms with Crippen molar-refractivity contribution in [2.45, 2.75) is 13.8 Å². The minimum Gasteiger partial charge on any atom is -0.494 e. The number of rotatable bonds is 3. The van der Waals surface area contributed by atoms with E-state index < -0.39 is 0 Å². The maximum atomic E-state index is 11.5. The molecule has 0 aliphatic heterocycles. The first-order valence-electron chi connectivity index (χ1n) is 4.79. The van der Waals surface area contributed by atoms with Gasteiger partial charge in [0, 0.05) is 11.6 Å². The predicted octanol–water partition coefficient (Wildman–Crippen LogP) is 3.81. The molecule has 1 aromatic rings. The number of benzene rings is 1. The normalized spacial score (nSPS) is 10.4. The molecule has 0 saturated carbocycles. The van der Waals surface area contributed by atoms with Crippen molar-refractivity contribution in [2.24, 2.45) is 5.92 Å². The van der Waals surface area contributed by atoms with Crippen molar-refractivity contribution < 1.29 is 9.53 Å². The summed E-state index contributed by atoms with van der Waals surface area (Å²) in [6, 6.07) is 3.62. The van der Waals surface area contributed by atoms with Crippen molar-refractivity contribution in [3.8, 4) is 5.75 Å². The zero-order chi connectivity index (χ0) is 12.3. The predicted molar refractivity (Wildman–Crippen MR) is 71.9 cm³/mol. The zero-order valence-corrected chi connectivity index (χ0v) is 12.5. The molecule has 5 heteroatoms. The molecule has 1 aromatic carbocycles. The number of hydrogen-bond donors (Lipinski definition) is 1. The molecular weight excluding hydrogens is 338 g/mol. The third-order valence-corrected chi connectivity index (χ3v) is 3.17. The lowest BCUT2D eigenvalue weighted by molar-refractivity contribution is -0.118. The quantitative estimate of drug-likeness (QED) is 0.900. The summed E-state index contributed by atoms with van der Waals surface area (Å²) in [5.41, 5.74) is 0.734. The van der Waals surface area contributed by atoms with E-state index in [4.69, 9.17) is 4.74 Å². The third kappa shape index (κ3) is 3.22. The fourth-order valence-electron chi connectivity index (χ4n) is 1.11. The van der Waals surface area contributed by atoms with Gasteiger partial charge in [0.2, 0.25) is 5.91 Å². The number of nitrogens with one attached hydrogen (secondary N) is 1. The molecule has 0 spiro atoms. The number of ether oxygens (including phenoxy) is 1. The minimum atomic E-state index is -0.0420. The average molecular weight is 351 g/mol. The van der Waals surface area contributed by atoms with E-state index >= 15 is 0 Å². The van der Waals surface area contributed by atoms with Gasteiger partial charge < -0.3 is 10.1 Å². The lowest BCUT2D eigenvalue weighted by atomic mass is 10.2. The second-order valence-electron chi connectivity index (χ2n) is 3.62. The van der Waals surface area contributed by atoms with Gasteiger partial charge in [-0.3, -0.25) is 4.79 Å². The second kappa shape index (κ2) is 5.68. The van der Waals surface area contributed by atoms with Crippen molar-refractivity contribution in [1.82, 2.24) is 0 Å². The molecule has 0 saturated heterocycles. The standard InChI is InChI=1S/C11H13Br2NO2/c1-6(2)11(15)14-7-4-8(12)10(16-3)9(13)5-7/h4-6H,1-3H3,(H,14,15). The van der Waals surface area contributed by atoms with Crippen LogP contribution in [0.2, 0.25) is 0 Å². The molecule has 16 heavy (non-hydrogen) atoms. The Bertz CT molecular complexity index is 382. The van der Waals surface area contributed by atoms with E-state index in [0.29, 0.717) is 5.75 Å². The van der Waals surface area contributed by atoms with Crippen LogP contribution >= 0.6 is 31.9 Å². The lowest BCUT2D eigenvalue weighted by Gasteiger charge is -2.11. The summed E-state index contributed by atoms with van der Waals surface area (Å²) < 4.78 is 6.77. The highest BCUT2D eigenvalue weighted by Gasteiger charge is 2.11. The van der Waals surface area contributed by atoms with E-state index in [1.807, 2.05) is 26.0 Å². The molecule has 0 atom stereocenters. The maximum Gasteiger partial charge on any atom is 0.226 e. The van der Waals surface area contributed by atoms with Crippen LogP contribution in [-0.4, -0.2) is 13.0 Å². The first kappa shape index (κ1) is 13.5. The molecule has 0 aliphatic carbocycles. The molecule has 3 nitrogen and oxygen atoms in total. The van der Waals surface area contributed by atoms with Gasteiger partial charge in [0.1, 0.15) is 5.75 Å². The Morgan fingerprint density at radius 2 is 1.81 bits per heavy atom. The van der Waals surface area contributed by atoms with Crippen LogP contribution in [0.25, 0.3) is 0 Å². The van der Waals surface area contributed by atoms with Crippen molar-refractivity contribution >= 4 is 43.5 Å². The fourth-order valence-corrected chi connectivity index (χ4v) is 2.62. The molecule has 0 heterocycles. The van der Waals surface area contributed by atoms with Crippen molar-refractivity contribution in [1.29, 1.82) is 0 Å². The Morgan fingerprint density at radius 3 is 2.19 bits per heavy atom. The van der Waals surface area contributed by atoms with Gasteiger partial charge in [0.25, 0.3) is 0 Å². The Kier molecular flexibility index (Phi) is 4.80. The number of carbonyl (C=O) groups is 1. The number of methoxy groups -OCH3 is 1. The Labute approximate surface area is 112 Å². The summed E-state index contributed by atoms with van der Waals surface area (Å²) in [6.45, 7) is 3.70. The first-order valence-corrected chi connectivity index (χ1v) is 6.38. The van der Waals surface area contributed by atoms with E-state index in [-0.39, 0.29) is 11.8 Å². The van der Waals surface area contributed by atoms with Crippen LogP contribution in [0, 0.1) is 5.92 Å².